The maximum absolute atomic E-state index is 10.8. The van der Waals surface area contributed by atoms with Crippen molar-refractivity contribution in [2.75, 3.05) is 19.3 Å². The highest BCUT2D eigenvalue weighted by molar-refractivity contribution is 5.93. The van der Waals surface area contributed by atoms with E-state index in [0.29, 0.717) is 18.5 Å². The third-order valence-corrected chi connectivity index (χ3v) is 2.70. The minimum absolute atomic E-state index is 0.0179. The molecule has 6 heteroatoms. The van der Waals surface area contributed by atoms with Crippen molar-refractivity contribution in [3.63, 3.8) is 0 Å². The lowest BCUT2D eigenvalue weighted by Crippen LogP contribution is -2.23. The van der Waals surface area contributed by atoms with E-state index in [9.17, 15) is 15.0 Å². The van der Waals surface area contributed by atoms with E-state index in [4.69, 9.17) is 10.8 Å². The Morgan fingerprint density at radius 1 is 1.44 bits per heavy atom. The summed E-state index contributed by atoms with van der Waals surface area (Å²) in [5.41, 5.74) is 6.03. The van der Waals surface area contributed by atoms with Crippen LogP contribution >= 0.6 is 0 Å². The van der Waals surface area contributed by atoms with Gasteiger partial charge >= 0.3 is 5.97 Å². The number of nitrogens with two attached hydrogens (primary N) is 1. The van der Waals surface area contributed by atoms with Gasteiger partial charge in [0.15, 0.2) is 0 Å². The van der Waals surface area contributed by atoms with Gasteiger partial charge in [-0.3, -0.25) is 0 Å². The van der Waals surface area contributed by atoms with Crippen LogP contribution < -0.4 is 11.1 Å². The summed E-state index contributed by atoms with van der Waals surface area (Å²) in [5.74, 6) is -1.12. The van der Waals surface area contributed by atoms with Crippen LogP contribution in [0.1, 0.15) is 28.4 Å². The van der Waals surface area contributed by atoms with Gasteiger partial charge in [0.1, 0.15) is 6.10 Å². The van der Waals surface area contributed by atoms with Crippen LogP contribution in [0.25, 0.3) is 0 Å². The van der Waals surface area contributed by atoms with Gasteiger partial charge in [-0.05, 0) is 37.7 Å². The van der Waals surface area contributed by atoms with Crippen molar-refractivity contribution in [3.05, 3.63) is 29.3 Å². The quantitative estimate of drug-likeness (QED) is 0.455. The molecule has 0 spiro atoms. The molecule has 2 atom stereocenters. The molecule has 0 saturated carbocycles. The number of rotatable bonds is 6. The second kappa shape index (κ2) is 6.34. The van der Waals surface area contributed by atoms with E-state index < -0.39 is 18.2 Å². The monoisotopic (exact) mass is 254 g/mol. The van der Waals surface area contributed by atoms with Gasteiger partial charge < -0.3 is 26.4 Å². The first-order chi connectivity index (χ1) is 8.47. The molecule has 1 rings (SSSR count). The number of carbonyl (C=O) groups is 1. The van der Waals surface area contributed by atoms with Crippen LogP contribution in [0.4, 0.5) is 5.69 Å². The van der Waals surface area contributed by atoms with Gasteiger partial charge in [0, 0.05) is 5.69 Å². The van der Waals surface area contributed by atoms with Gasteiger partial charge in [-0.25, -0.2) is 4.79 Å². The van der Waals surface area contributed by atoms with Gasteiger partial charge in [-0.2, -0.15) is 0 Å². The third kappa shape index (κ3) is 3.43. The van der Waals surface area contributed by atoms with Crippen molar-refractivity contribution in [2.24, 2.45) is 0 Å². The fourth-order valence-electron chi connectivity index (χ4n) is 1.63. The molecule has 1 aromatic rings. The summed E-state index contributed by atoms with van der Waals surface area (Å²) >= 11 is 0. The van der Waals surface area contributed by atoms with Crippen molar-refractivity contribution in [2.45, 2.75) is 18.6 Å². The first-order valence-corrected chi connectivity index (χ1v) is 5.60. The average Bonchev–Trinajstić information content (AvgIpc) is 2.34. The highest BCUT2D eigenvalue weighted by Gasteiger charge is 2.19. The summed E-state index contributed by atoms with van der Waals surface area (Å²) in [7, 11) is 1.75. The molecule has 1 aromatic carbocycles. The summed E-state index contributed by atoms with van der Waals surface area (Å²) < 4.78 is 0. The predicted octanol–water partition coefficient (Wildman–Crippen LogP) is -0.0292. The first-order valence-electron chi connectivity index (χ1n) is 5.60. The van der Waals surface area contributed by atoms with E-state index in [0.717, 1.165) is 0 Å². The lowest BCUT2D eigenvalue weighted by atomic mass is 9.99. The molecular formula is C12H18N2O4. The van der Waals surface area contributed by atoms with Crippen LogP contribution in [0.15, 0.2) is 18.2 Å². The normalized spacial score (nSPS) is 14.2. The van der Waals surface area contributed by atoms with Crippen molar-refractivity contribution in [3.8, 4) is 0 Å². The topological polar surface area (TPSA) is 116 Å². The number of anilines is 1. The molecule has 0 aromatic heterocycles. The Hall–Kier alpha value is -1.63. The van der Waals surface area contributed by atoms with Crippen molar-refractivity contribution < 1.29 is 20.1 Å². The SMILES string of the molecule is CNCCC(O)C(O)c1ccc(C(=O)O)c(N)c1. The Labute approximate surface area is 105 Å². The predicted molar refractivity (Wildman–Crippen MR) is 67.3 cm³/mol. The number of carboxylic acids is 1. The van der Waals surface area contributed by atoms with Crippen molar-refractivity contribution >= 4 is 11.7 Å². The third-order valence-electron chi connectivity index (χ3n) is 2.70. The summed E-state index contributed by atoms with van der Waals surface area (Å²) in [6.07, 6.45) is -1.62. The maximum Gasteiger partial charge on any atom is 0.337 e. The summed E-state index contributed by atoms with van der Waals surface area (Å²) in [6.45, 7) is 0.570. The molecule has 0 heterocycles. The van der Waals surface area contributed by atoms with E-state index in [1.165, 1.54) is 18.2 Å². The maximum atomic E-state index is 10.8. The van der Waals surface area contributed by atoms with E-state index in [1.807, 2.05) is 0 Å². The Morgan fingerprint density at radius 2 is 2.11 bits per heavy atom. The second-order valence-electron chi connectivity index (χ2n) is 4.06. The molecule has 0 amide bonds. The summed E-state index contributed by atoms with van der Waals surface area (Å²) in [5, 5.41) is 31.3. The molecule has 0 radical (unpaired) electrons. The largest absolute Gasteiger partial charge is 0.478 e. The Bertz CT molecular complexity index is 423. The number of nitrogens with one attached hydrogen (secondary N) is 1. The number of aliphatic hydroxyl groups excluding tert-OH is 2. The number of hydrogen-bond acceptors (Lipinski definition) is 5. The van der Waals surface area contributed by atoms with E-state index in [-0.39, 0.29) is 11.3 Å². The van der Waals surface area contributed by atoms with E-state index in [2.05, 4.69) is 5.32 Å². The molecule has 0 bridgehead atoms. The van der Waals surface area contributed by atoms with Crippen molar-refractivity contribution in [1.82, 2.24) is 5.32 Å². The van der Waals surface area contributed by atoms with Gasteiger partial charge in [0.05, 0.1) is 11.7 Å². The minimum atomic E-state index is -1.12. The van der Waals surface area contributed by atoms with Crippen LogP contribution in [0.2, 0.25) is 0 Å². The summed E-state index contributed by atoms with van der Waals surface area (Å²) in [6, 6.07) is 4.14. The second-order valence-corrected chi connectivity index (χ2v) is 4.06. The highest BCUT2D eigenvalue weighted by atomic mass is 16.4. The number of aromatic carboxylic acids is 1. The van der Waals surface area contributed by atoms with Gasteiger partial charge in [0.2, 0.25) is 0 Å². The Kier molecular flexibility index (Phi) is 5.08. The standard InChI is InChI=1S/C12H18N2O4/c1-14-5-4-10(15)11(16)7-2-3-8(12(17)18)9(13)6-7/h2-3,6,10-11,14-16H,4-5,13H2,1H3,(H,17,18). The van der Waals surface area contributed by atoms with Crippen LogP contribution in [0, 0.1) is 0 Å². The minimum Gasteiger partial charge on any atom is -0.478 e. The lowest BCUT2D eigenvalue weighted by molar-refractivity contribution is 0.0140. The zero-order chi connectivity index (χ0) is 13.7. The fraction of sp³-hybridized carbons (Fsp3) is 0.417. The average molecular weight is 254 g/mol. The van der Waals surface area contributed by atoms with Crippen LogP contribution in [-0.2, 0) is 0 Å². The summed E-state index contributed by atoms with van der Waals surface area (Å²) in [4.78, 5) is 10.8. The Morgan fingerprint density at radius 3 is 2.61 bits per heavy atom. The smallest absolute Gasteiger partial charge is 0.337 e. The molecule has 2 unspecified atom stereocenters. The van der Waals surface area contributed by atoms with E-state index >= 15 is 0 Å². The Balaban J connectivity index is 2.83. The number of nitrogen functional groups attached to an aromatic ring is 1. The van der Waals surface area contributed by atoms with Crippen molar-refractivity contribution in [1.29, 1.82) is 0 Å². The zero-order valence-electron chi connectivity index (χ0n) is 10.1. The highest BCUT2D eigenvalue weighted by Crippen LogP contribution is 2.23. The molecule has 100 valence electrons. The molecule has 0 saturated heterocycles. The molecule has 0 aliphatic rings. The van der Waals surface area contributed by atoms with Gasteiger partial charge in [0.25, 0.3) is 0 Å². The molecule has 18 heavy (non-hydrogen) atoms. The molecule has 0 aliphatic heterocycles. The number of benzene rings is 1. The molecule has 6 nitrogen and oxygen atoms in total. The molecule has 6 N–H and O–H groups in total. The first kappa shape index (κ1) is 14.4. The lowest BCUT2D eigenvalue weighted by Gasteiger charge is -2.18. The van der Waals surface area contributed by atoms with Crippen LogP contribution in [0.5, 0.6) is 0 Å². The van der Waals surface area contributed by atoms with E-state index in [1.54, 1.807) is 7.05 Å². The number of hydrogen-bond donors (Lipinski definition) is 5. The fourth-order valence-corrected chi connectivity index (χ4v) is 1.63. The number of aliphatic hydroxyl groups is 2. The molecule has 0 aliphatic carbocycles. The van der Waals surface area contributed by atoms with Gasteiger partial charge in [-0.1, -0.05) is 6.07 Å². The number of carboxylic acid groups (broad SMARTS) is 1. The van der Waals surface area contributed by atoms with Crippen LogP contribution in [-0.4, -0.2) is 41.0 Å². The molecule has 0 fully saturated rings. The van der Waals surface area contributed by atoms with Gasteiger partial charge in [-0.15, -0.1) is 0 Å². The zero-order valence-corrected chi connectivity index (χ0v) is 10.1. The van der Waals surface area contributed by atoms with Crippen LogP contribution in [0.3, 0.4) is 0 Å². The molecular weight excluding hydrogens is 236 g/mol.